The van der Waals surface area contributed by atoms with Crippen molar-refractivity contribution in [2.24, 2.45) is 45.3 Å². The highest BCUT2D eigenvalue weighted by Crippen LogP contribution is 2.69. The van der Waals surface area contributed by atoms with E-state index in [1.165, 1.54) is 0 Å². The van der Waals surface area contributed by atoms with Gasteiger partial charge in [-0.2, -0.15) is 5.10 Å². The van der Waals surface area contributed by atoms with Crippen molar-refractivity contribution in [1.82, 2.24) is 5.43 Å². The summed E-state index contributed by atoms with van der Waals surface area (Å²) in [6, 6.07) is -0.612. The number of nitrogens with zero attached hydrogens (tertiary/aromatic N) is 1. The van der Waals surface area contributed by atoms with Gasteiger partial charge < -0.3 is 15.6 Å². The number of cyclic esters (lactones) is 1. The smallest absolute Gasteiger partial charge is 0.332 e. The third-order valence-corrected chi connectivity index (χ3v) is 10.1. The van der Waals surface area contributed by atoms with Gasteiger partial charge in [0.15, 0.2) is 0 Å². The van der Waals surface area contributed by atoms with Crippen LogP contribution in [0.25, 0.3) is 0 Å². The Balaban J connectivity index is 1.39. The van der Waals surface area contributed by atoms with Crippen LogP contribution in [-0.4, -0.2) is 35.0 Å². The normalized spacial score (nSPS) is 47.8. The lowest BCUT2D eigenvalue weighted by Crippen LogP contribution is -2.62. The van der Waals surface area contributed by atoms with E-state index < -0.39 is 11.6 Å². The second-order valence-electron chi connectivity index (χ2n) is 11.1. The van der Waals surface area contributed by atoms with E-state index in [4.69, 9.17) is 10.5 Å². The molecule has 2 amide bonds. The summed E-state index contributed by atoms with van der Waals surface area (Å²) in [5.41, 5.74) is 9.03. The van der Waals surface area contributed by atoms with Crippen LogP contribution < -0.4 is 11.2 Å². The van der Waals surface area contributed by atoms with Crippen LogP contribution in [-0.2, 0) is 9.53 Å². The predicted molar refractivity (Wildman–Crippen MR) is 116 cm³/mol. The van der Waals surface area contributed by atoms with E-state index in [9.17, 15) is 14.7 Å². The molecule has 1 heterocycles. The van der Waals surface area contributed by atoms with Gasteiger partial charge in [-0.05, 0) is 92.4 Å². The molecule has 0 aromatic rings. The van der Waals surface area contributed by atoms with Crippen molar-refractivity contribution >= 4 is 17.7 Å². The Labute approximate surface area is 183 Å². The quantitative estimate of drug-likeness (QED) is 0.462. The number of primary amides is 1. The van der Waals surface area contributed by atoms with E-state index in [-0.39, 0.29) is 22.7 Å². The number of esters is 1. The third kappa shape index (κ3) is 2.99. The highest BCUT2D eigenvalue weighted by molar-refractivity contribution is 5.87. The molecular formula is C24H35N3O4. The zero-order chi connectivity index (χ0) is 22.0. The minimum atomic E-state index is -0.678. The average Bonchev–Trinajstić information content (AvgIpc) is 3.26. The van der Waals surface area contributed by atoms with Crippen LogP contribution in [0.1, 0.15) is 71.6 Å². The Hall–Kier alpha value is -1.89. The van der Waals surface area contributed by atoms with Gasteiger partial charge in [0.2, 0.25) is 0 Å². The molecule has 170 valence electrons. The fourth-order valence-corrected chi connectivity index (χ4v) is 8.45. The Morgan fingerprint density at radius 2 is 2.00 bits per heavy atom. The van der Waals surface area contributed by atoms with Crippen LogP contribution >= 0.6 is 0 Å². The van der Waals surface area contributed by atoms with E-state index in [1.54, 1.807) is 6.08 Å². The monoisotopic (exact) mass is 429 g/mol. The van der Waals surface area contributed by atoms with E-state index in [2.05, 4.69) is 24.4 Å². The predicted octanol–water partition coefficient (Wildman–Crippen LogP) is 3.27. The van der Waals surface area contributed by atoms with Crippen molar-refractivity contribution < 1.29 is 19.4 Å². The summed E-state index contributed by atoms with van der Waals surface area (Å²) in [7, 11) is 0. The second-order valence-corrected chi connectivity index (χ2v) is 11.1. The highest BCUT2D eigenvalue weighted by atomic mass is 16.5. The van der Waals surface area contributed by atoms with Crippen LogP contribution in [0, 0.1) is 34.5 Å². The van der Waals surface area contributed by atoms with Crippen molar-refractivity contribution in [3.05, 3.63) is 11.6 Å². The number of amides is 2. The molecular weight excluding hydrogens is 394 g/mol. The van der Waals surface area contributed by atoms with Gasteiger partial charge in [-0.25, -0.2) is 15.0 Å². The molecule has 4 N–H and O–H groups in total. The number of hydrogen-bond acceptors (Lipinski definition) is 5. The van der Waals surface area contributed by atoms with Crippen molar-refractivity contribution in [3.8, 4) is 0 Å². The standard InChI is InChI=1S/C24H35N3O4/c1-22-8-5-16(26-27-21(25)29)12-15(22)3-4-19-18(22)6-9-23(2)17(7-10-24(19,23)30)14-11-20(28)31-13-14/h11,15,17-19,30H,3-10,12-13H2,1-2H3,(H3,25,27,29). The molecule has 0 bridgehead atoms. The summed E-state index contributed by atoms with van der Waals surface area (Å²) < 4.78 is 5.22. The number of hydrazone groups is 1. The first kappa shape index (κ1) is 21.0. The molecule has 7 atom stereocenters. The minimum absolute atomic E-state index is 0.190. The molecule has 7 unspecified atom stereocenters. The highest BCUT2D eigenvalue weighted by Gasteiger charge is 2.67. The zero-order valence-corrected chi connectivity index (χ0v) is 18.7. The Morgan fingerprint density at radius 3 is 2.71 bits per heavy atom. The topological polar surface area (TPSA) is 114 Å². The zero-order valence-electron chi connectivity index (χ0n) is 18.7. The largest absolute Gasteiger partial charge is 0.458 e. The van der Waals surface area contributed by atoms with E-state index in [0.717, 1.165) is 69.1 Å². The Morgan fingerprint density at radius 1 is 1.19 bits per heavy atom. The van der Waals surface area contributed by atoms with Crippen molar-refractivity contribution in [2.75, 3.05) is 6.61 Å². The van der Waals surface area contributed by atoms with Crippen LogP contribution in [0.4, 0.5) is 4.79 Å². The lowest BCUT2D eigenvalue weighted by atomic mass is 9.43. The van der Waals surface area contributed by atoms with Crippen LogP contribution in [0.15, 0.2) is 16.8 Å². The lowest BCUT2D eigenvalue weighted by Gasteiger charge is -2.63. The minimum Gasteiger partial charge on any atom is -0.458 e. The number of fused-ring (bicyclic) bond motifs is 5. The first-order valence-electron chi connectivity index (χ1n) is 11.9. The van der Waals surface area contributed by atoms with Crippen molar-refractivity contribution in [1.29, 1.82) is 0 Å². The molecule has 7 heteroatoms. The van der Waals surface area contributed by atoms with Gasteiger partial charge in [-0.1, -0.05) is 13.8 Å². The summed E-state index contributed by atoms with van der Waals surface area (Å²) in [6.45, 7) is 5.09. The van der Waals surface area contributed by atoms with Crippen molar-refractivity contribution in [2.45, 2.75) is 77.2 Å². The maximum atomic E-state index is 12.2. The Kier molecular flexibility index (Phi) is 4.78. The number of urea groups is 1. The van der Waals surface area contributed by atoms with Crippen LogP contribution in [0.2, 0.25) is 0 Å². The number of ether oxygens (including phenoxy) is 1. The van der Waals surface area contributed by atoms with Gasteiger partial charge in [0.1, 0.15) is 6.61 Å². The number of rotatable bonds is 2. The summed E-state index contributed by atoms with van der Waals surface area (Å²) in [5, 5.41) is 16.5. The second kappa shape index (κ2) is 7.06. The molecule has 0 aromatic heterocycles. The van der Waals surface area contributed by atoms with Gasteiger partial charge >= 0.3 is 12.0 Å². The number of hydrogen-bond donors (Lipinski definition) is 3. The lowest BCUT2D eigenvalue weighted by molar-refractivity contribution is -0.200. The first-order chi connectivity index (χ1) is 14.7. The number of nitrogens with two attached hydrogens (primary N) is 1. The van der Waals surface area contributed by atoms with Gasteiger partial charge in [-0.15, -0.1) is 0 Å². The molecule has 5 rings (SSSR count). The molecule has 0 spiro atoms. The van der Waals surface area contributed by atoms with Gasteiger partial charge in [0, 0.05) is 17.2 Å². The fourth-order valence-electron chi connectivity index (χ4n) is 8.45. The van der Waals surface area contributed by atoms with Crippen molar-refractivity contribution in [3.63, 3.8) is 0 Å². The van der Waals surface area contributed by atoms with E-state index in [0.29, 0.717) is 24.4 Å². The molecule has 4 saturated carbocycles. The van der Waals surface area contributed by atoms with E-state index >= 15 is 0 Å². The Bertz CT molecular complexity index is 869. The molecule has 1 aliphatic heterocycles. The molecule has 31 heavy (non-hydrogen) atoms. The number of carbonyl (C=O) groups excluding carboxylic acids is 2. The fraction of sp³-hybridized carbons (Fsp3) is 0.792. The van der Waals surface area contributed by atoms with Gasteiger partial charge in [0.05, 0.1) is 5.60 Å². The first-order valence-corrected chi connectivity index (χ1v) is 11.9. The molecule has 4 fully saturated rings. The summed E-state index contributed by atoms with van der Waals surface area (Å²) in [5.74, 6) is 1.34. The summed E-state index contributed by atoms with van der Waals surface area (Å²) in [4.78, 5) is 22.7. The average molecular weight is 430 g/mol. The summed E-state index contributed by atoms with van der Waals surface area (Å²) >= 11 is 0. The maximum absolute atomic E-state index is 12.2. The molecule has 4 aliphatic carbocycles. The third-order valence-electron chi connectivity index (χ3n) is 10.1. The number of aliphatic hydroxyl groups is 1. The SMILES string of the molecule is CC12CCC(=NNC(N)=O)CC1CCC1C2CCC2(C)C(C3=CC(=O)OC3)CCC12O. The maximum Gasteiger partial charge on any atom is 0.332 e. The molecule has 0 saturated heterocycles. The van der Waals surface area contributed by atoms with Crippen LogP contribution in [0.5, 0.6) is 0 Å². The van der Waals surface area contributed by atoms with Gasteiger partial charge in [0.25, 0.3) is 0 Å². The molecule has 0 aromatic carbocycles. The molecule has 0 radical (unpaired) electrons. The number of carbonyl (C=O) groups is 2. The van der Waals surface area contributed by atoms with Gasteiger partial charge in [-0.3, -0.25) is 0 Å². The van der Waals surface area contributed by atoms with Crippen LogP contribution in [0.3, 0.4) is 0 Å². The van der Waals surface area contributed by atoms with E-state index in [1.807, 2.05) is 0 Å². The summed E-state index contributed by atoms with van der Waals surface area (Å²) in [6.07, 6.45) is 10.5. The number of nitrogens with one attached hydrogen (secondary N) is 1. The molecule has 5 aliphatic rings. The molecule has 7 nitrogen and oxygen atoms in total.